The molecule has 0 bridgehead atoms. The molecule has 2 aromatic carbocycles. The van der Waals surface area contributed by atoms with Crippen molar-refractivity contribution in [1.29, 1.82) is 0 Å². The molecule has 0 aliphatic rings. The average molecular weight is 480 g/mol. The topological polar surface area (TPSA) is 43.1 Å². The third-order valence-corrected chi connectivity index (χ3v) is 10.6. The molecule has 2 rings (SSSR count). The minimum atomic E-state index is -1.24. The van der Waals surface area contributed by atoms with E-state index in [0.29, 0.717) is 12.2 Å². The molecule has 2 aromatic rings. The van der Waals surface area contributed by atoms with Crippen molar-refractivity contribution in [2.75, 3.05) is 0 Å². The smallest absolute Gasteiger partial charge is 0.141 e. The zero-order valence-electron chi connectivity index (χ0n) is 22.1. The number of ketones is 1. The van der Waals surface area contributed by atoms with Gasteiger partial charge in [-0.25, -0.2) is 0 Å². The third-order valence-electron chi connectivity index (χ3n) is 7.23. The van der Waals surface area contributed by atoms with Gasteiger partial charge in [-0.3, -0.25) is 4.79 Å². The third kappa shape index (κ3) is 11.1. The highest BCUT2D eigenvalue weighted by Crippen LogP contribution is 2.27. The molecular weight excluding hydrogens is 430 g/mol. The Hall–Kier alpha value is -1.71. The molecule has 2 unspecified atom stereocenters. The van der Waals surface area contributed by atoms with Crippen LogP contribution < -0.4 is 5.73 Å². The van der Waals surface area contributed by atoms with Gasteiger partial charge in [0.15, 0.2) is 0 Å². The number of Topliss-reactive ketones (excluding diaryl/α,β-unsaturated/α-hetero) is 1. The second kappa shape index (κ2) is 16.0. The Balaban J connectivity index is 1.80. The minimum Gasteiger partial charge on any atom is -0.326 e. The van der Waals surface area contributed by atoms with Crippen molar-refractivity contribution in [1.82, 2.24) is 0 Å². The van der Waals surface area contributed by atoms with Crippen LogP contribution in [0.5, 0.6) is 0 Å². The van der Waals surface area contributed by atoms with Crippen LogP contribution in [0.4, 0.5) is 0 Å². The Morgan fingerprint density at radius 2 is 1.29 bits per heavy atom. The predicted octanol–water partition coefficient (Wildman–Crippen LogP) is 8.54. The fraction of sp³-hybridized carbons (Fsp3) is 0.581. The number of rotatable bonds is 18. The summed E-state index contributed by atoms with van der Waals surface area (Å²) in [6.07, 6.45) is 13.5. The van der Waals surface area contributed by atoms with Crippen LogP contribution in [0.3, 0.4) is 0 Å². The first-order chi connectivity index (χ1) is 16.4. The molecule has 0 saturated heterocycles. The standard InChI is InChI=1S/C31H49NOSi/c1-4-5-6-7-8-9-10-17-24-34(2,3)25-18-23-30(33)31(28-21-15-12-16-22-28)29(32)26-27-19-13-11-14-20-27/h11-16,19-22,29,31H,4-10,17-18,23-26,32H2,1-3H3. The second-order valence-electron chi connectivity index (χ2n) is 11.0. The van der Waals surface area contributed by atoms with Crippen molar-refractivity contribution in [3.8, 4) is 0 Å². The van der Waals surface area contributed by atoms with E-state index >= 15 is 0 Å². The van der Waals surface area contributed by atoms with Crippen LogP contribution in [0.15, 0.2) is 60.7 Å². The molecule has 0 aliphatic heterocycles. The molecule has 0 amide bonds. The highest BCUT2D eigenvalue weighted by atomic mass is 28.3. The van der Waals surface area contributed by atoms with E-state index in [-0.39, 0.29) is 12.0 Å². The molecule has 0 saturated carbocycles. The Labute approximate surface area is 210 Å². The Morgan fingerprint density at radius 1 is 0.765 bits per heavy atom. The molecule has 0 fully saturated rings. The molecule has 2 N–H and O–H groups in total. The van der Waals surface area contributed by atoms with E-state index in [2.05, 4.69) is 44.3 Å². The number of hydrogen-bond donors (Lipinski definition) is 1. The van der Waals surface area contributed by atoms with Gasteiger partial charge in [-0.2, -0.15) is 0 Å². The van der Waals surface area contributed by atoms with Gasteiger partial charge in [0.25, 0.3) is 0 Å². The number of hydrogen-bond acceptors (Lipinski definition) is 2. The average Bonchev–Trinajstić information content (AvgIpc) is 2.82. The van der Waals surface area contributed by atoms with Crippen molar-refractivity contribution >= 4 is 13.9 Å². The molecule has 2 atom stereocenters. The van der Waals surface area contributed by atoms with Crippen LogP contribution in [-0.2, 0) is 11.2 Å². The van der Waals surface area contributed by atoms with E-state index in [0.717, 1.165) is 18.4 Å². The summed E-state index contributed by atoms with van der Waals surface area (Å²) in [7, 11) is -1.24. The summed E-state index contributed by atoms with van der Waals surface area (Å²) in [6.45, 7) is 7.30. The molecule has 0 radical (unpaired) electrons. The molecule has 188 valence electrons. The van der Waals surface area contributed by atoms with E-state index < -0.39 is 8.07 Å². The van der Waals surface area contributed by atoms with Gasteiger partial charge in [-0.05, 0) is 24.0 Å². The normalized spacial score (nSPS) is 13.5. The van der Waals surface area contributed by atoms with Gasteiger partial charge >= 0.3 is 0 Å². The van der Waals surface area contributed by atoms with Gasteiger partial charge in [-0.15, -0.1) is 0 Å². The van der Waals surface area contributed by atoms with E-state index in [1.165, 1.54) is 69.0 Å². The number of nitrogens with two attached hydrogens (primary N) is 1. The summed E-state index contributed by atoms with van der Waals surface area (Å²) in [4.78, 5) is 13.4. The lowest BCUT2D eigenvalue weighted by Gasteiger charge is -2.25. The fourth-order valence-corrected chi connectivity index (χ4v) is 7.69. The molecule has 3 heteroatoms. The Morgan fingerprint density at radius 3 is 1.91 bits per heavy atom. The predicted molar refractivity (Wildman–Crippen MR) is 151 cm³/mol. The zero-order chi connectivity index (χ0) is 24.7. The maximum atomic E-state index is 13.4. The Kier molecular flexibility index (Phi) is 13.5. The number of unbranched alkanes of at least 4 members (excludes halogenated alkanes) is 7. The van der Waals surface area contributed by atoms with E-state index in [1.54, 1.807) is 0 Å². The highest BCUT2D eigenvalue weighted by molar-refractivity contribution is 6.77. The first-order valence-corrected chi connectivity index (χ1v) is 17.2. The monoisotopic (exact) mass is 479 g/mol. The maximum Gasteiger partial charge on any atom is 0.141 e. The molecule has 0 aromatic heterocycles. The molecule has 0 heterocycles. The van der Waals surface area contributed by atoms with Crippen LogP contribution in [0.25, 0.3) is 0 Å². The van der Waals surface area contributed by atoms with Crippen molar-refractivity contribution in [2.24, 2.45) is 5.73 Å². The quantitative estimate of drug-likeness (QED) is 0.172. The van der Waals surface area contributed by atoms with Crippen molar-refractivity contribution in [2.45, 2.75) is 115 Å². The molecule has 0 spiro atoms. The lowest BCUT2D eigenvalue weighted by atomic mass is 9.83. The largest absolute Gasteiger partial charge is 0.326 e. The fourth-order valence-electron chi connectivity index (χ4n) is 5.10. The number of benzene rings is 2. The summed E-state index contributed by atoms with van der Waals surface area (Å²) in [5.74, 6) is 0.0883. The van der Waals surface area contributed by atoms with E-state index in [4.69, 9.17) is 5.73 Å². The van der Waals surface area contributed by atoms with Crippen LogP contribution in [0, 0.1) is 0 Å². The van der Waals surface area contributed by atoms with Crippen LogP contribution in [-0.4, -0.2) is 19.9 Å². The van der Waals surface area contributed by atoms with Crippen molar-refractivity contribution < 1.29 is 4.79 Å². The second-order valence-corrected chi connectivity index (χ2v) is 16.3. The van der Waals surface area contributed by atoms with Crippen LogP contribution in [0.1, 0.15) is 88.2 Å². The summed E-state index contributed by atoms with van der Waals surface area (Å²) in [5.41, 5.74) is 8.92. The summed E-state index contributed by atoms with van der Waals surface area (Å²) in [6, 6.07) is 22.9. The van der Waals surface area contributed by atoms with Crippen molar-refractivity contribution in [3.05, 3.63) is 71.8 Å². The Bertz CT molecular complexity index is 790. The first kappa shape index (κ1) is 28.5. The summed E-state index contributed by atoms with van der Waals surface area (Å²) in [5, 5.41) is 0. The number of carbonyl (C=O) groups excluding carboxylic acids is 1. The summed E-state index contributed by atoms with van der Waals surface area (Å²) < 4.78 is 0. The molecule has 34 heavy (non-hydrogen) atoms. The van der Waals surface area contributed by atoms with Gasteiger partial charge in [0.1, 0.15) is 5.78 Å². The van der Waals surface area contributed by atoms with Crippen molar-refractivity contribution in [3.63, 3.8) is 0 Å². The first-order valence-electron chi connectivity index (χ1n) is 13.8. The highest BCUT2D eigenvalue weighted by Gasteiger charge is 2.28. The van der Waals surface area contributed by atoms with Crippen LogP contribution in [0.2, 0.25) is 25.2 Å². The van der Waals surface area contributed by atoms with Gasteiger partial charge in [0, 0.05) is 20.5 Å². The molecule has 0 aliphatic carbocycles. The lowest BCUT2D eigenvalue weighted by Crippen LogP contribution is -2.36. The van der Waals surface area contributed by atoms with E-state index in [9.17, 15) is 4.79 Å². The minimum absolute atomic E-state index is 0.195. The van der Waals surface area contributed by atoms with E-state index in [1.807, 2.05) is 36.4 Å². The maximum absolute atomic E-state index is 13.4. The number of carbonyl (C=O) groups is 1. The summed E-state index contributed by atoms with van der Waals surface area (Å²) >= 11 is 0. The zero-order valence-corrected chi connectivity index (χ0v) is 23.1. The van der Waals surface area contributed by atoms with Crippen LogP contribution >= 0.6 is 0 Å². The van der Waals surface area contributed by atoms with Gasteiger partial charge in [-0.1, -0.05) is 144 Å². The lowest BCUT2D eigenvalue weighted by molar-refractivity contribution is -0.121. The SMILES string of the molecule is CCCCCCCCCC[Si](C)(C)CCCC(=O)C(c1ccccc1)C(N)Cc1ccccc1. The molecular formula is C31H49NOSi. The molecule has 2 nitrogen and oxygen atoms in total. The van der Waals surface area contributed by atoms with Gasteiger partial charge in [0.2, 0.25) is 0 Å². The van der Waals surface area contributed by atoms with Gasteiger partial charge in [0.05, 0.1) is 5.92 Å². The van der Waals surface area contributed by atoms with Gasteiger partial charge < -0.3 is 5.73 Å².